The molecule has 0 atom stereocenters. The minimum atomic E-state index is 0. The Morgan fingerprint density at radius 2 is 0.800 bits per heavy atom. The zero-order valence-corrected chi connectivity index (χ0v) is 13.9. The molecule has 5 heavy (non-hydrogen) atoms. The first-order valence-corrected chi connectivity index (χ1v) is 0. The van der Waals surface area contributed by atoms with Crippen molar-refractivity contribution in [1.82, 2.24) is 0 Å². The van der Waals surface area contributed by atoms with Gasteiger partial charge in [0.15, 0.2) is 0 Å². The van der Waals surface area contributed by atoms with E-state index < -0.39 is 0 Å². The largest absolute Gasteiger partial charge is 0 e. The summed E-state index contributed by atoms with van der Waals surface area (Å²) in [6.07, 6.45) is 0. The molecule has 5 heteroatoms. The van der Waals surface area contributed by atoms with Gasteiger partial charge in [-0.15, -0.1) is 0 Å². The SMILES string of the molecule is [Cu].[Cu].[Mn].[PbH2].[Zn]. The molecule has 0 unspecified atom stereocenters. The molecule has 5 radical (unpaired) electrons. The van der Waals surface area contributed by atoms with Gasteiger partial charge in [-0.1, -0.05) is 0 Å². The van der Waals surface area contributed by atoms with Crippen molar-refractivity contribution < 1.29 is 70.7 Å². The van der Waals surface area contributed by atoms with E-state index in [-0.39, 0.29) is 98.0 Å². The summed E-state index contributed by atoms with van der Waals surface area (Å²) in [6, 6.07) is 0. The summed E-state index contributed by atoms with van der Waals surface area (Å²) in [5.41, 5.74) is 0. The van der Waals surface area contributed by atoms with Crippen LogP contribution < -0.4 is 0 Å². The van der Waals surface area contributed by atoms with Crippen LogP contribution in [0, 0.1) is 0 Å². The first kappa shape index (κ1) is 42.4. The molecule has 0 N–H and O–H groups in total. The van der Waals surface area contributed by atoms with Gasteiger partial charge in [0.1, 0.15) is 0 Å². The molecule has 0 fully saturated rings. The summed E-state index contributed by atoms with van der Waals surface area (Å²) in [5, 5.41) is 0. The third kappa shape index (κ3) is 19.2. The van der Waals surface area contributed by atoms with Crippen LogP contribution in [0.2, 0.25) is 0 Å². The van der Waals surface area contributed by atoms with Crippen LogP contribution in [-0.2, 0) is 70.7 Å². The van der Waals surface area contributed by atoms with E-state index in [2.05, 4.69) is 0 Å². The fourth-order valence-electron chi connectivity index (χ4n) is 0. The van der Waals surface area contributed by atoms with Crippen LogP contribution in [0.5, 0.6) is 0 Å². The van der Waals surface area contributed by atoms with Crippen molar-refractivity contribution >= 4 is 27.3 Å². The third-order valence-corrected chi connectivity index (χ3v) is 0. The standard InChI is InChI=1S/2Cu.Mn.Pb.Zn.2H. The maximum absolute atomic E-state index is 0. The van der Waals surface area contributed by atoms with Gasteiger partial charge < -0.3 is 0 Å². The Morgan fingerprint density at radius 1 is 0.800 bits per heavy atom. The molecule has 0 saturated heterocycles. The van der Waals surface area contributed by atoms with E-state index in [1.165, 1.54) is 0 Å². The molecule has 0 aliphatic rings. The average molecular weight is 457 g/mol. The second-order valence-electron chi connectivity index (χ2n) is 0. The predicted molar refractivity (Wildman–Crippen MR) is 8.54 cm³/mol. The Hall–Kier alpha value is 3.10. The summed E-state index contributed by atoms with van der Waals surface area (Å²) >= 11 is 0. The molecule has 0 aromatic heterocycles. The molecule has 0 amide bonds. The van der Waals surface area contributed by atoms with Crippen LogP contribution in [0.15, 0.2) is 0 Å². The summed E-state index contributed by atoms with van der Waals surface area (Å²) in [5.74, 6) is 0. The molecule has 0 aliphatic heterocycles. The van der Waals surface area contributed by atoms with Crippen LogP contribution in [0.1, 0.15) is 0 Å². The van der Waals surface area contributed by atoms with E-state index in [1.807, 2.05) is 0 Å². The molecular weight excluding hydrogens is 455 g/mol. The minimum absolute atomic E-state index is 0. The molecule has 0 aliphatic carbocycles. The van der Waals surface area contributed by atoms with E-state index >= 15 is 0 Å². The van der Waals surface area contributed by atoms with Crippen LogP contribution >= 0.6 is 0 Å². The topological polar surface area (TPSA) is 0 Å². The zero-order valence-electron chi connectivity index (χ0n) is 2.40. The van der Waals surface area contributed by atoms with E-state index in [1.54, 1.807) is 0 Å². The molecule has 0 rings (SSSR count). The molecule has 0 saturated carbocycles. The molecule has 0 heterocycles. The average Bonchev–Trinajstić information content (AvgIpc) is 0. The first-order chi connectivity index (χ1) is 0. The van der Waals surface area contributed by atoms with Crippen molar-refractivity contribution in [3.05, 3.63) is 0 Å². The van der Waals surface area contributed by atoms with Crippen molar-refractivity contribution in [2.75, 3.05) is 0 Å². The molecule has 37 valence electrons. The Kier molecular flexibility index (Phi) is 233. The van der Waals surface area contributed by atoms with E-state index in [0.29, 0.717) is 0 Å². The van der Waals surface area contributed by atoms with Gasteiger partial charge in [0, 0.05) is 70.7 Å². The molecule has 0 spiro atoms. The molecule has 0 nitrogen and oxygen atoms in total. The molecule has 0 bridgehead atoms. The van der Waals surface area contributed by atoms with Crippen LogP contribution in [-0.4, -0.2) is 27.3 Å². The second kappa shape index (κ2) is 27.5. The Balaban J connectivity index is 0. The monoisotopic (exact) mass is 455 g/mol. The van der Waals surface area contributed by atoms with Crippen molar-refractivity contribution in [1.29, 1.82) is 0 Å². The third-order valence-electron chi connectivity index (χ3n) is 0. The maximum Gasteiger partial charge on any atom is 0 e. The number of rotatable bonds is 0. The van der Waals surface area contributed by atoms with Crippen LogP contribution in [0.3, 0.4) is 0 Å². The van der Waals surface area contributed by atoms with Crippen molar-refractivity contribution in [2.24, 2.45) is 0 Å². The quantitative estimate of drug-likeness (QED) is 0.414. The van der Waals surface area contributed by atoms with Gasteiger partial charge in [0.05, 0.1) is 0 Å². The molecule has 0 aromatic rings. The smallest absolute Gasteiger partial charge is 0 e. The van der Waals surface area contributed by atoms with Crippen molar-refractivity contribution in [2.45, 2.75) is 0 Å². The van der Waals surface area contributed by atoms with E-state index in [0.717, 1.165) is 0 Å². The van der Waals surface area contributed by atoms with Gasteiger partial charge in [0.25, 0.3) is 0 Å². The summed E-state index contributed by atoms with van der Waals surface area (Å²) in [7, 11) is 0. The maximum atomic E-state index is 0. The minimum Gasteiger partial charge on any atom is 0 e. The van der Waals surface area contributed by atoms with E-state index in [4.69, 9.17) is 0 Å². The molecule has 0 aromatic carbocycles. The Labute approximate surface area is 96.3 Å². The van der Waals surface area contributed by atoms with Crippen molar-refractivity contribution in [3.8, 4) is 0 Å². The van der Waals surface area contributed by atoms with Gasteiger partial charge in [-0.25, -0.2) is 0 Å². The van der Waals surface area contributed by atoms with Crippen LogP contribution in [0.25, 0.3) is 0 Å². The fourth-order valence-corrected chi connectivity index (χ4v) is 0. The number of hydrogen-bond acceptors (Lipinski definition) is 0. The summed E-state index contributed by atoms with van der Waals surface area (Å²) in [4.78, 5) is 0. The molecular formula is H2Cu2MnPbZn. The zero-order chi connectivity index (χ0) is 0. The summed E-state index contributed by atoms with van der Waals surface area (Å²) < 4.78 is 0. The Morgan fingerprint density at radius 3 is 0.800 bits per heavy atom. The van der Waals surface area contributed by atoms with Crippen molar-refractivity contribution in [3.63, 3.8) is 0 Å². The van der Waals surface area contributed by atoms with Gasteiger partial charge in [0.2, 0.25) is 0 Å². The van der Waals surface area contributed by atoms with Gasteiger partial charge >= 0.3 is 27.3 Å². The van der Waals surface area contributed by atoms with Gasteiger partial charge in [-0.05, 0) is 0 Å². The van der Waals surface area contributed by atoms with E-state index in [9.17, 15) is 0 Å². The van der Waals surface area contributed by atoms with Gasteiger partial charge in [-0.2, -0.15) is 0 Å². The first-order valence-electron chi connectivity index (χ1n) is 0. The second-order valence-corrected chi connectivity index (χ2v) is 0. The predicted octanol–water partition coefficient (Wildman–Crippen LogP) is -0.926. The summed E-state index contributed by atoms with van der Waals surface area (Å²) in [6.45, 7) is 0. The number of hydrogen-bond donors (Lipinski definition) is 0. The fraction of sp³-hybridized carbons (Fsp3) is 0. The van der Waals surface area contributed by atoms with Gasteiger partial charge in [-0.3, -0.25) is 0 Å². The Bertz CT molecular complexity index is 9.61. The normalized spacial score (nSPS) is 0. The van der Waals surface area contributed by atoms with Crippen LogP contribution in [0.4, 0.5) is 0 Å².